The van der Waals surface area contributed by atoms with Gasteiger partial charge >= 0.3 is 11.9 Å². The van der Waals surface area contributed by atoms with Crippen molar-refractivity contribution in [3.8, 4) is 36.2 Å². The molecular formula is C48H60N2O4. The van der Waals surface area contributed by atoms with Crippen LogP contribution in [-0.2, 0) is 33.3 Å². The van der Waals surface area contributed by atoms with Crippen molar-refractivity contribution in [2.75, 3.05) is 26.2 Å². The van der Waals surface area contributed by atoms with Crippen LogP contribution in [-0.4, -0.2) is 60.0 Å². The average molecular weight is 729 g/mol. The number of esters is 2. The van der Waals surface area contributed by atoms with Crippen LogP contribution in [0.2, 0.25) is 0 Å². The molecule has 0 aromatic heterocycles. The SMILES string of the molecule is C#CCN1CC[C@]23CCCCC2[C@H]1Cc1ccc(OC(=O)CCCCCCCCC(=O)Oc2ccc4c(c2)[C@@]25CCCCC2[C@@H](C4)N(CC#C)CC5)cc13. The topological polar surface area (TPSA) is 59.1 Å². The van der Waals surface area contributed by atoms with Crippen molar-refractivity contribution in [3.63, 3.8) is 0 Å². The maximum absolute atomic E-state index is 12.9. The fourth-order valence-corrected chi connectivity index (χ4v) is 12.5. The zero-order valence-corrected chi connectivity index (χ0v) is 32.4. The molecule has 2 saturated heterocycles. The molecule has 0 N–H and O–H groups in total. The van der Waals surface area contributed by atoms with Gasteiger partial charge in [0.15, 0.2) is 0 Å². The highest BCUT2D eigenvalue weighted by molar-refractivity contribution is 5.73. The minimum absolute atomic E-state index is 0.136. The van der Waals surface area contributed by atoms with Crippen LogP contribution in [0.5, 0.6) is 11.5 Å². The standard InChI is InChI=1S/C48H60N2O4/c1-3-27-49-29-25-47-23-13-11-15-39(47)43(49)31-35-19-21-37(33-41(35)47)53-45(51)17-9-7-5-6-8-10-18-46(52)54-38-22-20-36-32-44-40-16-12-14-24-48(40,42(36)34-38)26-30-50(44)28-4-2/h1-2,19-22,33-34,39-40,43-44H,5-18,23-32H2/t39?,40?,43-,44-,47-,48-/m1/s1. The predicted octanol–water partition coefficient (Wildman–Crippen LogP) is 8.70. The van der Waals surface area contributed by atoms with Gasteiger partial charge in [-0.1, -0.05) is 75.3 Å². The third-order valence-electron chi connectivity index (χ3n) is 14.9. The summed E-state index contributed by atoms with van der Waals surface area (Å²) in [5, 5.41) is 0. The molecule has 4 fully saturated rings. The molecule has 2 aromatic rings. The highest BCUT2D eigenvalue weighted by atomic mass is 16.5. The molecule has 2 saturated carbocycles. The van der Waals surface area contributed by atoms with Gasteiger partial charge in [-0.25, -0.2) is 0 Å². The number of fused-ring (bicyclic) bond motifs is 2. The Morgan fingerprint density at radius 1 is 0.630 bits per heavy atom. The summed E-state index contributed by atoms with van der Waals surface area (Å²) in [6, 6.07) is 13.9. The van der Waals surface area contributed by atoms with Crippen LogP contribution in [0.3, 0.4) is 0 Å². The second-order valence-electron chi connectivity index (χ2n) is 17.6. The number of carbonyl (C=O) groups excluding carboxylic acids is 2. The summed E-state index contributed by atoms with van der Waals surface area (Å²) in [5.74, 6) is 8.23. The quantitative estimate of drug-likeness (QED) is 0.0891. The summed E-state index contributed by atoms with van der Waals surface area (Å²) in [5.41, 5.74) is 6.11. The number of likely N-dealkylation sites (tertiary alicyclic amines) is 2. The number of piperidine rings is 2. The van der Waals surface area contributed by atoms with Crippen molar-refractivity contribution in [1.82, 2.24) is 9.80 Å². The second-order valence-corrected chi connectivity index (χ2v) is 17.6. The summed E-state index contributed by atoms with van der Waals surface area (Å²) in [6.45, 7) is 3.60. The zero-order chi connectivity index (χ0) is 37.1. The molecule has 6 heteroatoms. The van der Waals surface area contributed by atoms with E-state index in [1.54, 1.807) is 0 Å². The van der Waals surface area contributed by atoms with Gasteiger partial charge in [0.1, 0.15) is 11.5 Å². The summed E-state index contributed by atoms with van der Waals surface area (Å²) in [6.07, 6.45) is 32.6. The largest absolute Gasteiger partial charge is 0.427 e. The molecule has 6 nitrogen and oxygen atoms in total. The van der Waals surface area contributed by atoms with Gasteiger partial charge in [-0.3, -0.25) is 19.4 Å². The van der Waals surface area contributed by atoms with E-state index in [1.165, 1.54) is 73.6 Å². The number of benzene rings is 2. The first-order chi connectivity index (χ1) is 26.4. The van der Waals surface area contributed by atoms with Crippen molar-refractivity contribution in [1.29, 1.82) is 0 Å². The Morgan fingerprint density at radius 3 is 1.52 bits per heavy atom. The van der Waals surface area contributed by atoms with Crippen LogP contribution < -0.4 is 9.47 Å². The molecule has 0 radical (unpaired) electrons. The number of hydrogen-bond acceptors (Lipinski definition) is 6. The third kappa shape index (κ3) is 7.15. The van der Waals surface area contributed by atoms with Crippen molar-refractivity contribution in [2.45, 2.75) is 151 Å². The van der Waals surface area contributed by atoms with Gasteiger partial charge in [-0.2, -0.15) is 0 Å². The van der Waals surface area contributed by atoms with Crippen LogP contribution in [0, 0.1) is 36.5 Å². The van der Waals surface area contributed by atoms with E-state index < -0.39 is 0 Å². The lowest BCUT2D eigenvalue weighted by atomic mass is 9.52. The Balaban J connectivity index is 0.754. The van der Waals surface area contributed by atoms with Crippen LogP contribution in [0.1, 0.15) is 138 Å². The number of ether oxygens (including phenoxy) is 2. The van der Waals surface area contributed by atoms with E-state index in [1.807, 2.05) is 12.1 Å². The van der Waals surface area contributed by atoms with E-state index in [0.29, 0.717) is 48.3 Å². The molecule has 0 amide bonds. The lowest BCUT2D eigenvalue weighted by molar-refractivity contribution is -0.135. The first kappa shape index (κ1) is 37.3. The summed E-state index contributed by atoms with van der Waals surface area (Å²) in [7, 11) is 0. The first-order valence-corrected chi connectivity index (χ1v) is 21.5. The van der Waals surface area contributed by atoms with Gasteiger partial charge in [-0.05, 0) is 123 Å². The molecule has 54 heavy (non-hydrogen) atoms. The lowest BCUT2D eigenvalue weighted by Gasteiger charge is -2.59. The highest BCUT2D eigenvalue weighted by Gasteiger charge is 2.55. The van der Waals surface area contributed by atoms with E-state index in [-0.39, 0.29) is 22.8 Å². The number of rotatable bonds is 13. The van der Waals surface area contributed by atoms with E-state index in [0.717, 1.165) is 90.4 Å². The number of terminal acetylenes is 2. The zero-order valence-electron chi connectivity index (χ0n) is 32.4. The molecule has 6 atom stereocenters. The van der Waals surface area contributed by atoms with Crippen molar-refractivity contribution in [3.05, 3.63) is 58.7 Å². The number of hydrogen-bond donors (Lipinski definition) is 0. The molecule has 286 valence electrons. The van der Waals surface area contributed by atoms with Crippen molar-refractivity contribution >= 4 is 11.9 Å². The van der Waals surface area contributed by atoms with Crippen molar-refractivity contribution < 1.29 is 19.1 Å². The molecule has 2 unspecified atom stereocenters. The Labute approximate surface area is 324 Å². The van der Waals surface area contributed by atoms with E-state index in [2.05, 4.69) is 45.9 Å². The van der Waals surface area contributed by atoms with E-state index in [4.69, 9.17) is 22.3 Å². The molecule has 8 rings (SSSR count). The maximum atomic E-state index is 12.9. The van der Waals surface area contributed by atoms with Gasteiger partial charge in [0, 0.05) is 48.8 Å². The molecule has 2 aliphatic heterocycles. The molecule has 6 aliphatic rings. The van der Waals surface area contributed by atoms with Gasteiger partial charge in [0.05, 0.1) is 13.1 Å². The second kappa shape index (κ2) is 16.3. The fraction of sp³-hybridized carbons (Fsp3) is 0.625. The maximum Gasteiger partial charge on any atom is 0.311 e. The van der Waals surface area contributed by atoms with Gasteiger partial charge in [0.25, 0.3) is 0 Å². The molecule has 0 spiro atoms. The molecule has 4 bridgehead atoms. The number of nitrogens with zero attached hydrogens (tertiary/aromatic N) is 2. The van der Waals surface area contributed by atoms with Gasteiger partial charge in [-0.15, -0.1) is 12.8 Å². The van der Waals surface area contributed by atoms with Gasteiger partial charge in [0.2, 0.25) is 0 Å². The first-order valence-electron chi connectivity index (χ1n) is 21.5. The van der Waals surface area contributed by atoms with Crippen LogP contribution in [0.15, 0.2) is 36.4 Å². The number of unbranched alkanes of at least 4 members (excludes halogenated alkanes) is 5. The minimum Gasteiger partial charge on any atom is -0.427 e. The molecular weight excluding hydrogens is 669 g/mol. The van der Waals surface area contributed by atoms with Crippen molar-refractivity contribution in [2.24, 2.45) is 11.8 Å². The Hall–Kier alpha value is -3.58. The predicted molar refractivity (Wildman–Crippen MR) is 213 cm³/mol. The Kier molecular flexibility index (Phi) is 11.2. The summed E-state index contributed by atoms with van der Waals surface area (Å²) < 4.78 is 11.9. The summed E-state index contributed by atoms with van der Waals surface area (Å²) in [4.78, 5) is 30.8. The van der Waals surface area contributed by atoms with Crippen LogP contribution in [0.4, 0.5) is 0 Å². The average Bonchev–Trinajstić information content (AvgIpc) is 3.18. The lowest BCUT2D eigenvalue weighted by Crippen LogP contribution is -2.60. The smallest absolute Gasteiger partial charge is 0.311 e. The fourth-order valence-electron chi connectivity index (χ4n) is 12.5. The van der Waals surface area contributed by atoms with Crippen LogP contribution in [0.25, 0.3) is 0 Å². The normalized spacial score (nSPS) is 29.7. The number of carbonyl (C=O) groups is 2. The van der Waals surface area contributed by atoms with E-state index in [9.17, 15) is 9.59 Å². The van der Waals surface area contributed by atoms with E-state index >= 15 is 0 Å². The highest BCUT2D eigenvalue weighted by Crippen LogP contribution is 2.57. The van der Waals surface area contributed by atoms with Crippen LogP contribution >= 0.6 is 0 Å². The summed E-state index contributed by atoms with van der Waals surface area (Å²) >= 11 is 0. The monoisotopic (exact) mass is 728 g/mol. The molecule has 4 aliphatic carbocycles. The Morgan fingerprint density at radius 2 is 1.07 bits per heavy atom. The minimum atomic E-state index is -0.136. The molecule has 2 heterocycles. The Bertz CT molecular complexity index is 1660. The molecule has 2 aromatic carbocycles. The van der Waals surface area contributed by atoms with Gasteiger partial charge < -0.3 is 9.47 Å². The third-order valence-corrected chi connectivity index (χ3v) is 14.9.